The monoisotopic (exact) mass is 299 g/mol. The van der Waals surface area contributed by atoms with E-state index < -0.39 is 5.60 Å². The van der Waals surface area contributed by atoms with Gasteiger partial charge in [-0.1, -0.05) is 23.7 Å². The molecule has 2 rings (SSSR count). The zero-order valence-corrected chi connectivity index (χ0v) is 12.5. The number of β-amino-alcohol motifs (C(OH)–C–C–N with tert-alkyl or cyclic N) is 1. The number of rotatable bonds is 4. The predicted molar refractivity (Wildman–Crippen MR) is 79.4 cm³/mol. The third-order valence-electron chi connectivity index (χ3n) is 3.19. The molecule has 1 heterocycles. The molecule has 0 spiro atoms. The highest BCUT2D eigenvalue weighted by Crippen LogP contribution is 2.22. The Morgan fingerprint density at radius 1 is 1.58 bits per heavy atom. The molecule has 1 aliphatic heterocycles. The molecule has 1 unspecified atom stereocenters. The first-order valence-electron chi connectivity index (χ1n) is 6.29. The second kappa shape index (κ2) is 6.16. The molecule has 1 aliphatic rings. The number of nitrogens with zero attached hydrogens (tertiary/aromatic N) is 1. The fourth-order valence-electron chi connectivity index (χ4n) is 2.13. The molecule has 3 nitrogen and oxygen atoms in total. The number of carbonyl (C=O) groups excluding carboxylic acids is 1. The quantitative estimate of drug-likeness (QED) is 0.929. The first kappa shape index (κ1) is 14.7. The normalized spacial score (nSPS) is 22.8. The molecule has 1 aromatic carbocycles. The summed E-state index contributed by atoms with van der Waals surface area (Å²) in [6.45, 7) is 2.88. The molecular formula is C14H18ClNO2S. The van der Waals surface area contributed by atoms with Crippen LogP contribution in [0.15, 0.2) is 24.3 Å². The van der Waals surface area contributed by atoms with E-state index in [1.807, 2.05) is 24.3 Å². The second-order valence-electron chi connectivity index (χ2n) is 5.18. The van der Waals surface area contributed by atoms with Crippen LogP contribution in [0.3, 0.4) is 0 Å². The molecular weight excluding hydrogens is 282 g/mol. The number of halogens is 1. The second-order valence-corrected chi connectivity index (χ2v) is 6.61. The minimum atomic E-state index is -0.715. The first-order valence-corrected chi connectivity index (χ1v) is 7.82. The van der Waals surface area contributed by atoms with Crippen molar-refractivity contribution in [3.63, 3.8) is 0 Å². The summed E-state index contributed by atoms with van der Waals surface area (Å²) in [5, 5.41) is 10.6. The third-order valence-corrected chi connectivity index (χ3v) is 4.41. The third kappa shape index (κ3) is 4.41. The van der Waals surface area contributed by atoms with Crippen molar-refractivity contribution in [2.45, 2.75) is 24.7 Å². The van der Waals surface area contributed by atoms with Crippen LogP contribution >= 0.6 is 23.4 Å². The van der Waals surface area contributed by atoms with Gasteiger partial charge in [0.1, 0.15) is 0 Å². The highest BCUT2D eigenvalue weighted by Gasteiger charge is 2.33. The zero-order valence-electron chi connectivity index (χ0n) is 10.9. The van der Waals surface area contributed by atoms with Crippen LogP contribution in [0.4, 0.5) is 0 Å². The SMILES string of the molecule is CC1(O)CCN(C(=O)CSCc2cccc(Cl)c2)C1. The Kier molecular flexibility index (Phi) is 4.76. The lowest BCUT2D eigenvalue weighted by molar-refractivity contribution is -0.128. The topological polar surface area (TPSA) is 40.5 Å². The largest absolute Gasteiger partial charge is 0.388 e. The summed E-state index contributed by atoms with van der Waals surface area (Å²) in [4.78, 5) is 13.7. The van der Waals surface area contributed by atoms with Crippen LogP contribution in [0.5, 0.6) is 0 Å². The lowest BCUT2D eigenvalue weighted by Gasteiger charge is -2.18. The van der Waals surface area contributed by atoms with E-state index in [1.165, 1.54) is 0 Å². The van der Waals surface area contributed by atoms with E-state index in [0.717, 1.165) is 16.3 Å². The minimum Gasteiger partial charge on any atom is -0.388 e. The Morgan fingerprint density at radius 3 is 3.00 bits per heavy atom. The standard InChI is InChI=1S/C14H18ClNO2S/c1-14(18)5-6-16(10-14)13(17)9-19-8-11-3-2-4-12(15)7-11/h2-4,7,18H,5-6,8-10H2,1H3. The molecule has 0 radical (unpaired) electrons. The van der Waals surface area contributed by atoms with Gasteiger partial charge in [-0.2, -0.15) is 0 Å². The molecule has 0 saturated carbocycles. The Bertz CT molecular complexity index is 465. The molecule has 0 aliphatic carbocycles. The van der Waals surface area contributed by atoms with Crippen molar-refractivity contribution < 1.29 is 9.90 Å². The van der Waals surface area contributed by atoms with Crippen LogP contribution in [0.25, 0.3) is 0 Å². The molecule has 104 valence electrons. The Balaban J connectivity index is 1.76. The van der Waals surface area contributed by atoms with Gasteiger partial charge in [-0.25, -0.2) is 0 Å². The average molecular weight is 300 g/mol. The maximum absolute atomic E-state index is 12.0. The molecule has 1 atom stereocenters. The van der Waals surface area contributed by atoms with E-state index in [4.69, 9.17) is 11.6 Å². The van der Waals surface area contributed by atoms with E-state index in [9.17, 15) is 9.90 Å². The molecule has 0 bridgehead atoms. The van der Waals surface area contributed by atoms with Gasteiger partial charge in [0.05, 0.1) is 11.4 Å². The van der Waals surface area contributed by atoms with Crippen LogP contribution in [0, 0.1) is 0 Å². The maximum atomic E-state index is 12.0. The summed E-state index contributed by atoms with van der Waals surface area (Å²) in [6, 6.07) is 7.68. The van der Waals surface area contributed by atoms with Crippen molar-refractivity contribution in [2.75, 3.05) is 18.8 Å². The van der Waals surface area contributed by atoms with Crippen molar-refractivity contribution in [2.24, 2.45) is 0 Å². The number of carbonyl (C=O) groups is 1. The number of thioether (sulfide) groups is 1. The van der Waals surface area contributed by atoms with Gasteiger partial charge in [0.25, 0.3) is 0 Å². The minimum absolute atomic E-state index is 0.102. The Morgan fingerprint density at radius 2 is 2.37 bits per heavy atom. The predicted octanol–water partition coefficient (Wildman–Crippen LogP) is 2.56. The molecule has 5 heteroatoms. The number of aliphatic hydroxyl groups is 1. The van der Waals surface area contributed by atoms with Crippen LogP contribution in [-0.2, 0) is 10.5 Å². The van der Waals surface area contributed by atoms with Gasteiger partial charge >= 0.3 is 0 Å². The van der Waals surface area contributed by atoms with Crippen LogP contribution < -0.4 is 0 Å². The van der Waals surface area contributed by atoms with Crippen LogP contribution in [-0.4, -0.2) is 40.4 Å². The van der Waals surface area contributed by atoms with Crippen LogP contribution in [0.2, 0.25) is 5.02 Å². The molecule has 1 amide bonds. The maximum Gasteiger partial charge on any atom is 0.232 e. The summed E-state index contributed by atoms with van der Waals surface area (Å²) < 4.78 is 0. The summed E-state index contributed by atoms with van der Waals surface area (Å²) in [5.41, 5.74) is 0.409. The van der Waals surface area contributed by atoms with Crippen LogP contribution in [0.1, 0.15) is 18.9 Å². The molecule has 0 aromatic heterocycles. The van der Waals surface area contributed by atoms with Gasteiger partial charge in [-0.05, 0) is 31.0 Å². The molecule has 19 heavy (non-hydrogen) atoms. The lowest BCUT2D eigenvalue weighted by Crippen LogP contribution is -2.34. The number of hydrogen-bond acceptors (Lipinski definition) is 3. The van der Waals surface area contributed by atoms with Crippen molar-refractivity contribution in [1.29, 1.82) is 0 Å². The smallest absolute Gasteiger partial charge is 0.232 e. The van der Waals surface area contributed by atoms with E-state index >= 15 is 0 Å². The van der Waals surface area contributed by atoms with Gasteiger partial charge in [0.15, 0.2) is 0 Å². The fraction of sp³-hybridized carbons (Fsp3) is 0.500. The zero-order chi connectivity index (χ0) is 13.9. The first-order chi connectivity index (χ1) is 8.96. The summed E-state index contributed by atoms with van der Waals surface area (Å²) in [7, 11) is 0. The summed E-state index contributed by atoms with van der Waals surface area (Å²) >= 11 is 7.49. The van der Waals surface area contributed by atoms with E-state index in [-0.39, 0.29) is 5.91 Å². The Hall–Kier alpha value is -0.710. The average Bonchev–Trinajstić information content (AvgIpc) is 2.70. The van der Waals surface area contributed by atoms with Crippen molar-refractivity contribution in [3.05, 3.63) is 34.9 Å². The van der Waals surface area contributed by atoms with Crippen molar-refractivity contribution >= 4 is 29.3 Å². The van der Waals surface area contributed by atoms with E-state index in [0.29, 0.717) is 25.3 Å². The summed E-state index contributed by atoms with van der Waals surface area (Å²) in [5.74, 6) is 1.32. The lowest BCUT2D eigenvalue weighted by atomic mass is 10.1. The van der Waals surface area contributed by atoms with Gasteiger partial charge < -0.3 is 10.0 Å². The van der Waals surface area contributed by atoms with Crippen molar-refractivity contribution in [1.82, 2.24) is 4.90 Å². The molecule has 1 saturated heterocycles. The highest BCUT2D eigenvalue weighted by atomic mass is 35.5. The number of likely N-dealkylation sites (tertiary alicyclic amines) is 1. The highest BCUT2D eigenvalue weighted by molar-refractivity contribution is 7.99. The van der Waals surface area contributed by atoms with Gasteiger partial charge in [0.2, 0.25) is 5.91 Å². The molecule has 1 aromatic rings. The van der Waals surface area contributed by atoms with Gasteiger partial charge in [0, 0.05) is 23.9 Å². The number of amides is 1. The summed E-state index contributed by atoms with van der Waals surface area (Å²) in [6.07, 6.45) is 0.664. The van der Waals surface area contributed by atoms with Crippen molar-refractivity contribution in [3.8, 4) is 0 Å². The van der Waals surface area contributed by atoms with Gasteiger partial charge in [-0.15, -0.1) is 11.8 Å². The fourth-order valence-corrected chi connectivity index (χ4v) is 3.22. The number of hydrogen-bond donors (Lipinski definition) is 1. The van der Waals surface area contributed by atoms with Gasteiger partial charge in [-0.3, -0.25) is 4.79 Å². The molecule has 1 N–H and O–H groups in total. The van der Waals surface area contributed by atoms with E-state index in [2.05, 4.69) is 0 Å². The van der Waals surface area contributed by atoms with E-state index in [1.54, 1.807) is 23.6 Å². The Labute approximate surface area is 122 Å². The number of benzene rings is 1. The molecule has 1 fully saturated rings.